The minimum Gasteiger partial charge on any atom is -0.462 e. The number of rotatable bonds is 61. The molecule has 0 aliphatic carbocycles. The van der Waals surface area contributed by atoms with Crippen molar-refractivity contribution in [3.63, 3.8) is 0 Å². The smallest absolute Gasteiger partial charge is 0.309 e. The molecule has 1 unspecified atom stereocenters. The minimum absolute atomic E-state index is 0.112. The van der Waals surface area contributed by atoms with Crippen LogP contribution in [-0.4, -0.2) is 37.2 Å². The predicted molar refractivity (Wildman–Crippen MR) is 362 cm³/mol. The van der Waals surface area contributed by atoms with Gasteiger partial charge >= 0.3 is 17.9 Å². The molecule has 0 saturated carbocycles. The lowest BCUT2D eigenvalue weighted by Gasteiger charge is -2.18. The van der Waals surface area contributed by atoms with Gasteiger partial charge in [0.05, 0.1) is 6.42 Å². The van der Waals surface area contributed by atoms with Crippen LogP contribution >= 0.6 is 0 Å². The second kappa shape index (κ2) is 69.8. The highest BCUT2D eigenvalue weighted by Gasteiger charge is 2.19. The third-order valence-corrected chi connectivity index (χ3v) is 14.3. The summed E-state index contributed by atoms with van der Waals surface area (Å²) in [4.78, 5) is 38.3. The molecule has 0 bridgehead atoms. The van der Waals surface area contributed by atoms with Gasteiger partial charge in [-0.3, -0.25) is 14.4 Å². The molecular weight excluding hydrogens is 1020 g/mol. The highest BCUT2D eigenvalue weighted by molar-refractivity contribution is 5.72. The summed E-state index contributed by atoms with van der Waals surface area (Å²) < 4.78 is 16.8. The maximum atomic E-state index is 12.9. The summed E-state index contributed by atoms with van der Waals surface area (Å²) in [6.07, 6.45) is 100. The fraction of sp³-hybridized carbons (Fsp3) is 0.649. The third-order valence-electron chi connectivity index (χ3n) is 14.3. The Balaban J connectivity index is 4.30. The van der Waals surface area contributed by atoms with E-state index in [4.69, 9.17) is 14.2 Å². The molecule has 0 aromatic heterocycles. The van der Waals surface area contributed by atoms with Crippen LogP contribution in [0.2, 0.25) is 0 Å². The lowest BCUT2D eigenvalue weighted by atomic mass is 10.0. The molecule has 0 aliphatic heterocycles. The number of allylic oxidation sites excluding steroid dienone is 23. The van der Waals surface area contributed by atoms with Gasteiger partial charge in [0.2, 0.25) is 0 Å². The molecule has 0 amide bonds. The van der Waals surface area contributed by atoms with E-state index in [9.17, 15) is 14.4 Å². The summed E-state index contributed by atoms with van der Waals surface area (Å²) in [7, 11) is 0. The van der Waals surface area contributed by atoms with Crippen LogP contribution in [0.3, 0.4) is 0 Å². The maximum absolute atomic E-state index is 12.9. The van der Waals surface area contributed by atoms with Crippen molar-refractivity contribution in [1.29, 1.82) is 0 Å². The van der Waals surface area contributed by atoms with Gasteiger partial charge in [0.15, 0.2) is 6.10 Å². The van der Waals surface area contributed by atoms with Crippen LogP contribution in [0.5, 0.6) is 0 Å². The van der Waals surface area contributed by atoms with Gasteiger partial charge in [0.25, 0.3) is 0 Å². The van der Waals surface area contributed by atoms with E-state index in [0.29, 0.717) is 12.8 Å². The number of esters is 3. The molecule has 83 heavy (non-hydrogen) atoms. The first-order valence-corrected chi connectivity index (χ1v) is 34.3. The number of carbonyl (C=O) groups excluding carboxylic acids is 3. The summed E-state index contributed by atoms with van der Waals surface area (Å²) >= 11 is 0. The van der Waals surface area contributed by atoms with Gasteiger partial charge < -0.3 is 14.2 Å². The summed E-state index contributed by atoms with van der Waals surface area (Å²) in [5.41, 5.74) is 0. The van der Waals surface area contributed by atoms with E-state index < -0.39 is 12.1 Å². The van der Waals surface area contributed by atoms with Crippen molar-refractivity contribution in [2.45, 2.75) is 309 Å². The normalized spacial score (nSPS) is 13.0. The molecule has 0 spiro atoms. The van der Waals surface area contributed by atoms with E-state index in [1.807, 2.05) is 6.08 Å². The number of ether oxygens (including phenoxy) is 3. The van der Waals surface area contributed by atoms with Crippen molar-refractivity contribution in [3.8, 4) is 0 Å². The summed E-state index contributed by atoms with van der Waals surface area (Å²) in [6.45, 7) is 6.33. The molecule has 0 rings (SSSR count). The van der Waals surface area contributed by atoms with Crippen molar-refractivity contribution < 1.29 is 28.6 Å². The lowest BCUT2D eigenvalue weighted by molar-refractivity contribution is -0.166. The number of unbranched alkanes of at least 4 members (excludes halogenated alkanes) is 27. The van der Waals surface area contributed by atoms with Crippen molar-refractivity contribution in [3.05, 3.63) is 146 Å². The van der Waals surface area contributed by atoms with Crippen LogP contribution in [0, 0.1) is 0 Å². The van der Waals surface area contributed by atoms with Gasteiger partial charge in [-0.2, -0.15) is 0 Å². The molecular formula is C77H126O6. The molecule has 6 nitrogen and oxygen atoms in total. The van der Waals surface area contributed by atoms with E-state index in [2.05, 4.69) is 154 Å². The lowest BCUT2D eigenvalue weighted by Crippen LogP contribution is -2.30. The van der Waals surface area contributed by atoms with Crippen LogP contribution < -0.4 is 0 Å². The molecule has 0 N–H and O–H groups in total. The van der Waals surface area contributed by atoms with E-state index >= 15 is 0 Å². The molecule has 0 aromatic rings. The van der Waals surface area contributed by atoms with E-state index in [0.717, 1.165) is 109 Å². The molecule has 0 fully saturated rings. The first-order chi connectivity index (χ1) is 41.0. The van der Waals surface area contributed by atoms with Gasteiger partial charge in [0.1, 0.15) is 13.2 Å². The quantitative estimate of drug-likeness (QED) is 0.0261. The maximum Gasteiger partial charge on any atom is 0.309 e. The van der Waals surface area contributed by atoms with E-state index in [1.54, 1.807) is 6.08 Å². The van der Waals surface area contributed by atoms with Crippen LogP contribution in [0.1, 0.15) is 303 Å². The van der Waals surface area contributed by atoms with Crippen LogP contribution in [-0.2, 0) is 28.6 Å². The van der Waals surface area contributed by atoms with E-state index in [-0.39, 0.29) is 31.6 Å². The van der Waals surface area contributed by atoms with Gasteiger partial charge in [-0.25, -0.2) is 0 Å². The Bertz CT molecular complexity index is 1800. The first kappa shape index (κ1) is 78.3. The summed E-state index contributed by atoms with van der Waals surface area (Å²) in [5, 5.41) is 0. The number of hydrogen-bond acceptors (Lipinski definition) is 6. The van der Waals surface area contributed by atoms with Crippen molar-refractivity contribution >= 4 is 17.9 Å². The van der Waals surface area contributed by atoms with Gasteiger partial charge in [-0.05, 0) is 122 Å². The van der Waals surface area contributed by atoms with Gasteiger partial charge in [0, 0.05) is 12.8 Å². The second-order valence-corrected chi connectivity index (χ2v) is 22.3. The first-order valence-electron chi connectivity index (χ1n) is 34.3. The van der Waals surface area contributed by atoms with Crippen molar-refractivity contribution in [1.82, 2.24) is 0 Å². The fourth-order valence-electron chi connectivity index (χ4n) is 9.28. The standard InChI is InChI=1S/C77H126O6/c1-4-7-10-13-16-19-22-25-28-30-31-32-33-34-35-36-37-38-39-40-41-42-43-44-45-47-49-52-55-58-61-64-67-70-76(79)82-73-74(72-81-75(78)69-66-63-60-57-54-51-48-27-24-21-18-15-12-9-6-3)83-77(80)71-68-65-62-59-56-53-50-46-29-26-23-20-17-14-11-8-5-2/h7,9-10,12,16,18-19,21,25-29,31-32,34-35,37-38,48,54,57,63,66,74H,4-6,8,11,13-15,17,20,22-24,30,33,36,39-47,49-53,55-56,58-62,64-65,67-73H2,1-3H3/b10-7-,12-9-,19-16-,21-18-,28-25-,29-26-,32-31-,35-34-,38-37-,48-27-,57-54-,66-63-. The van der Waals surface area contributed by atoms with Crippen LogP contribution in [0.15, 0.2) is 146 Å². The SMILES string of the molecule is CC/C=C\C/C=C\C/C=C\C/C=C\C/C=C\C/C=C\CCCCCCCCCCCCCCCCC(=O)OCC(COC(=O)C/C=C\C/C=C\C/C=C\C/C=C\C/C=C\CC)OC(=O)CCCCCCCCC/C=C\CCCCCCCC. The molecule has 0 aromatic carbocycles. The zero-order valence-corrected chi connectivity index (χ0v) is 53.9. The average molecular weight is 1150 g/mol. The summed E-state index contributed by atoms with van der Waals surface area (Å²) in [5.74, 6) is -1.05. The largest absolute Gasteiger partial charge is 0.462 e. The van der Waals surface area contributed by atoms with Gasteiger partial charge in [-0.1, -0.05) is 308 Å². The third kappa shape index (κ3) is 68.0. The Morgan fingerprint density at radius 2 is 0.518 bits per heavy atom. The highest BCUT2D eigenvalue weighted by Crippen LogP contribution is 2.16. The second-order valence-electron chi connectivity index (χ2n) is 22.3. The Kier molecular flexibility index (Phi) is 65.8. The summed E-state index contributed by atoms with van der Waals surface area (Å²) in [6, 6.07) is 0. The molecule has 0 saturated heterocycles. The van der Waals surface area contributed by atoms with Crippen LogP contribution in [0.4, 0.5) is 0 Å². The zero-order valence-electron chi connectivity index (χ0n) is 53.9. The monoisotopic (exact) mass is 1150 g/mol. The zero-order chi connectivity index (χ0) is 59.9. The molecule has 0 heterocycles. The highest BCUT2D eigenvalue weighted by atomic mass is 16.6. The van der Waals surface area contributed by atoms with E-state index in [1.165, 1.54) is 154 Å². The molecule has 0 radical (unpaired) electrons. The fourth-order valence-corrected chi connectivity index (χ4v) is 9.28. The topological polar surface area (TPSA) is 78.9 Å². The van der Waals surface area contributed by atoms with Crippen molar-refractivity contribution in [2.24, 2.45) is 0 Å². The molecule has 6 heteroatoms. The Hall–Kier alpha value is -4.71. The minimum atomic E-state index is -0.826. The Morgan fingerprint density at radius 1 is 0.265 bits per heavy atom. The Labute approximate surface area is 512 Å². The molecule has 1 atom stereocenters. The average Bonchev–Trinajstić information content (AvgIpc) is 3.49. The van der Waals surface area contributed by atoms with Crippen molar-refractivity contribution in [2.75, 3.05) is 13.2 Å². The molecule has 470 valence electrons. The number of hydrogen-bond donors (Lipinski definition) is 0. The van der Waals surface area contributed by atoms with Gasteiger partial charge in [-0.15, -0.1) is 0 Å². The predicted octanol–water partition coefficient (Wildman–Crippen LogP) is 23.9. The molecule has 0 aliphatic rings. The number of carbonyl (C=O) groups is 3. The van der Waals surface area contributed by atoms with Crippen LogP contribution in [0.25, 0.3) is 0 Å². The Morgan fingerprint density at radius 3 is 0.855 bits per heavy atom.